The highest BCUT2D eigenvalue weighted by molar-refractivity contribution is 5.95. The van der Waals surface area contributed by atoms with E-state index in [1.807, 2.05) is 4.90 Å². The predicted octanol–water partition coefficient (Wildman–Crippen LogP) is 1.49. The molecular weight excluding hydrogens is 308 g/mol. The van der Waals surface area contributed by atoms with Crippen molar-refractivity contribution in [2.24, 2.45) is 0 Å². The summed E-state index contributed by atoms with van der Waals surface area (Å²) < 4.78 is 11.5. The largest absolute Gasteiger partial charge is 0.375 e. The molecule has 1 amide bonds. The second-order valence-corrected chi connectivity index (χ2v) is 6.08. The molecule has 0 radical (unpaired) electrons. The molecule has 0 aliphatic carbocycles. The molecule has 0 spiro atoms. The Hall–Kier alpha value is -2.25. The van der Waals surface area contributed by atoms with E-state index in [1.54, 1.807) is 30.7 Å². The van der Waals surface area contributed by atoms with Crippen LogP contribution in [0.15, 0.2) is 30.7 Å². The average molecular weight is 328 g/mol. The van der Waals surface area contributed by atoms with E-state index in [-0.39, 0.29) is 18.1 Å². The molecule has 1 N–H and O–H groups in total. The Morgan fingerprint density at radius 3 is 2.92 bits per heavy atom. The fraction of sp³-hybridized carbons (Fsp3) is 0.471. The van der Waals surface area contributed by atoms with Gasteiger partial charge in [0.15, 0.2) is 5.82 Å². The van der Waals surface area contributed by atoms with Crippen LogP contribution in [0.5, 0.6) is 0 Å². The summed E-state index contributed by atoms with van der Waals surface area (Å²) in [5, 5.41) is 0. The average Bonchev–Trinajstić information content (AvgIpc) is 3.35. The smallest absolute Gasteiger partial charge is 0.254 e. The van der Waals surface area contributed by atoms with Crippen molar-refractivity contribution in [1.82, 2.24) is 19.9 Å². The Labute approximate surface area is 140 Å². The number of carbonyl (C=O) groups excluding carboxylic acids is 1. The number of hydrogen-bond acceptors (Lipinski definition) is 5. The Bertz CT molecular complexity index is 698. The normalized spacial score (nSPS) is 24.2. The second-order valence-electron chi connectivity index (χ2n) is 6.08. The zero-order chi connectivity index (χ0) is 16.4. The number of nitrogens with one attached hydrogen (secondary N) is 1. The standard InChI is InChI=1S/C17H20N4O3/c22-17(12-3-4-18-13(10-12)16-19-5-6-20-16)21-7-9-24-15(11-21)14-2-1-8-23-14/h3-6,10,14-15H,1-2,7-9,11H2,(H,19,20). The van der Waals surface area contributed by atoms with Crippen LogP contribution in [0.2, 0.25) is 0 Å². The molecule has 4 heterocycles. The van der Waals surface area contributed by atoms with Crippen LogP contribution in [-0.2, 0) is 9.47 Å². The highest BCUT2D eigenvalue weighted by Crippen LogP contribution is 2.22. The fourth-order valence-corrected chi connectivity index (χ4v) is 3.26. The zero-order valence-electron chi connectivity index (χ0n) is 13.4. The minimum Gasteiger partial charge on any atom is -0.375 e. The number of aromatic amines is 1. The number of aromatic nitrogens is 3. The van der Waals surface area contributed by atoms with Gasteiger partial charge in [0, 0.05) is 43.9 Å². The highest BCUT2D eigenvalue weighted by atomic mass is 16.5. The van der Waals surface area contributed by atoms with Crippen molar-refractivity contribution in [3.63, 3.8) is 0 Å². The van der Waals surface area contributed by atoms with Crippen LogP contribution in [0.1, 0.15) is 23.2 Å². The number of ether oxygens (including phenoxy) is 2. The lowest BCUT2D eigenvalue weighted by molar-refractivity contribution is -0.0867. The van der Waals surface area contributed by atoms with Gasteiger partial charge in [0.05, 0.1) is 12.7 Å². The summed E-state index contributed by atoms with van der Waals surface area (Å²) in [4.78, 5) is 26.2. The minimum atomic E-state index is -0.0309. The van der Waals surface area contributed by atoms with E-state index in [9.17, 15) is 4.79 Å². The monoisotopic (exact) mass is 328 g/mol. The van der Waals surface area contributed by atoms with Crippen molar-refractivity contribution in [1.29, 1.82) is 0 Å². The van der Waals surface area contributed by atoms with Crippen LogP contribution in [0.25, 0.3) is 11.5 Å². The van der Waals surface area contributed by atoms with Crippen molar-refractivity contribution in [2.45, 2.75) is 25.0 Å². The molecule has 2 aromatic heterocycles. The van der Waals surface area contributed by atoms with Gasteiger partial charge < -0.3 is 19.4 Å². The third-order valence-electron chi connectivity index (χ3n) is 4.51. The maximum absolute atomic E-state index is 12.9. The maximum Gasteiger partial charge on any atom is 0.254 e. The van der Waals surface area contributed by atoms with Crippen LogP contribution in [0.3, 0.4) is 0 Å². The van der Waals surface area contributed by atoms with E-state index in [0.29, 0.717) is 36.8 Å². The van der Waals surface area contributed by atoms with Gasteiger partial charge in [-0.1, -0.05) is 0 Å². The SMILES string of the molecule is O=C(c1ccnc(-c2ncc[nH]2)c1)N1CCOC(C2CCCO2)C1. The summed E-state index contributed by atoms with van der Waals surface area (Å²) in [5.41, 5.74) is 1.28. The first kappa shape index (κ1) is 15.3. The molecule has 2 saturated heterocycles. The predicted molar refractivity (Wildman–Crippen MR) is 86.4 cm³/mol. The van der Waals surface area contributed by atoms with Crippen LogP contribution in [-0.4, -0.2) is 64.3 Å². The number of imidazole rings is 1. The number of nitrogens with zero attached hydrogens (tertiary/aromatic N) is 3. The van der Waals surface area contributed by atoms with Gasteiger partial charge in [-0.25, -0.2) is 4.98 Å². The molecule has 0 saturated carbocycles. The Balaban J connectivity index is 1.49. The molecule has 2 aliphatic heterocycles. The van der Waals surface area contributed by atoms with Crippen LogP contribution < -0.4 is 0 Å². The molecule has 2 atom stereocenters. The van der Waals surface area contributed by atoms with Gasteiger partial charge in [-0.15, -0.1) is 0 Å². The number of morpholine rings is 1. The van der Waals surface area contributed by atoms with Gasteiger partial charge in [-0.2, -0.15) is 0 Å². The molecule has 2 fully saturated rings. The summed E-state index contributed by atoms with van der Waals surface area (Å²) in [7, 11) is 0. The van der Waals surface area contributed by atoms with Crippen LogP contribution in [0.4, 0.5) is 0 Å². The van der Waals surface area contributed by atoms with Crippen molar-refractivity contribution in [2.75, 3.05) is 26.3 Å². The lowest BCUT2D eigenvalue weighted by Crippen LogP contribution is -2.49. The first-order valence-corrected chi connectivity index (χ1v) is 8.29. The minimum absolute atomic E-state index is 0.00324. The van der Waals surface area contributed by atoms with Crippen molar-refractivity contribution in [3.8, 4) is 11.5 Å². The topological polar surface area (TPSA) is 80.3 Å². The maximum atomic E-state index is 12.9. The van der Waals surface area contributed by atoms with Gasteiger partial charge in [-0.05, 0) is 25.0 Å². The summed E-state index contributed by atoms with van der Waals surface area (Å²) in [6.45, 7) is 2.50. The second kappa shape index (κ2) is 6.70. The van der Waals surface area contributed by atoms with E-state index < -0.39 is 0 Å². The van der Waals surface area contributed by atoms with Gasteiger partial charge >= 0.3 is 0 Å². The number of H-pyrrole nitrogens is 1. The number of carbonyl (C=O) groups is 1. The van der Waals surface area contributed by atoms with Gasteiger partial charge in [0.25, 0.3) is 5.91 Å². The molecular formula is C17H20N4O3. The summed E-state index contributed by atoms with van der Waals surface area (Å²) in [6, 6.07) is 3.52. The Morgan fingerprint density at radius 1 is 1.21 bits per heavy atom. The molecule has 0 bridgehead atoms. The van der Waals surface area contributed by atoms with Crippen LogP contribution >= 0.6 is 0 Å². The number of pyridine rings is 1. The molecule has 2 aromatic rings. The molecule has 7 heteroatoms. The van der Waals surface area contributed by atoms with E-state index in [2.05, 4.69) is 15.0 Å². The van der Waals surface area contributed by atoms with Gasteiger partial charge in [0.1, 0.15) is 11.8 Å². The van der Waals surface area contributed by atoms with Crippen molar-refractivity contribution >= 4 is 5.91 Å². The fourth-order valence-electron chi connectivity index (χ4n) is 3.26. The van der Waals surface area contributed by atoms with E-state index in [1.165, 1.54) is 0 Å². The van der Waals surface area contributed by atoms with Crippen molar-refractivity contribution < 1.29 is 14.3 Å². The Kier molecular flexibility index (Phi) is 4.27. The summed E-state index contributed by atoms with van der Waals surface area (Å²) in [6.07, 6.45) is 7.19. The Morgan fingerprint density at radius 2 is 2.12 bits per heavy atom. The summed E-state index contributed by atoms with van der Waals surface area (Å²) in [5.74, 6) is 0.653. The third-order valence-corrected chi connectivity index (χ3v) is 4.51. The summed E-state index contributed by atoms with van der Waals surface area (Å²) >= 11 is 0. The first-order valence-electron chi connectivity index (χ1n) is 8.29. The molecule has 2 unspecified atom stereocenters. The van der Waals surface area contributed by atoms with E-state index >= 15 is 0 Å². The third kappa shape index (κ3) is 3.05. The molecule has 126 valence electrons. The number of hydrogen-bond donors (Lipinski definition) is 1. The zero-order valence-corrected chi connectivity index (χ0v) is 13.4. The quantitative estimate of drug-likeness (QED) is 0.923. The van der Waals surface area contributed by atoms with Gasteiger partial charge in [0.2, 0.25) is 0 Å². The van der Waals surface area contributed by atoms with Gasteiger partial charge in [-0.3, -0.25) is 9.78 Å². The van der Waals surface area contributed by atoms with E-state index in [0.717, 1.165) is 19.4 Å². The molecule has 0 aromatic carbocycles. The highest BCUT2D eigenvalue weighted by Gasteiger charge is 2.33. The lowest BCUT2D eigenvalue weighted by atomic mass is 10.1. The molecule has 4 rings (SSSR count). The van der Waals surface area contributed by atoms with E-state index in [4.69, 9.17) is 9.47 Å². The molecule has 24 heavy (non-hydrogen) atoms. The molecule has 7 nitrogen and oxygen atoms in total. The molecule has 2 aliphatic rings. The number of rotatable bonds is 3. The van der Waals surface area contributed by atoms with Crippen molar-refractivity contribution in [3.05, 3.63) is 36.3 Å². The van der Waals surface area contributed by atoms with Crippen LogP contribution in [0, 0.1) is 0 Å². The first-order chi connectivity index (χ1) is 11.8. The number of amides is 1. The lowest BCUT2D eigenvalue weighted by Gasteiger charge is -2.35.